The van der Waals surface area contributed by atoms with Gasteiger partial charge in [0, 0.05) is 23.5 Å². The van der Waals surface area contributed by atoms with Crippen LogP contribution in [0, 0.1) is 0 Å². The van der Waals surface area contributed by atoms with Crippen molar-refractivity contribution in [1.82, 2.24) is 0 Å². The first kappa shape index (κ1) is 15.4. The maximum Gasteiger partial charge on any atom is 0.324 e. The number of benzene rings is 1. The highest BCUT2D eigenvalue weighted by Crippen LogP contribution is 2.26. The van der Waals surface area contributed by atoms with Gasteiger partial charge < -0.3 is 15.8 Å². The van der Waals surface area contributed by atoms with Gasteiger partial charge in [0.1, 0.15) is 5.75 Å². The van der Waals surface area contributed by atoms with E-state index in [1.165, 1.54) is 18.2 Å². The van der Waals surface area contributed by atoms with Gasteiger partial charge in [0.2, 0.25) is 0 Å². The van der Waals surface area contributed by atoms with E-state index in [4.69, 9.17) is 10.5 Å². The topological polar surface area (TPSA) is 47.3 Å². The molecule has 0 heterocycles. The fourth-order valence-electron chi connectivity index (χ4n) is 1.36. The van der Waals surface area contributed by atoms with E-state index in [-0.39, 0.29) is 11.8 Å². The van der Waals surface area contributed by atoms with Gasteiger partial charge in [0.15, 0.2) is 0 Å². The van der Waals surface area contributed by atoms with Gasteiger partial charge in [-0.05, 0) is 19.9 Å². The van der Waals surface area contributed by atoms with Crippen LogP contribution in [0.4, 0.5) is 28.9 Å². The Kier molecular flexibility index (Phi) is 4.85. The van der Waals surface area contributed by atoms with Crippen LogP contribution < -0.4 is 15.8 Å². The number of anilines is 2. The Morgan fingerprint density at radius 2 is 1.89 bits per heavy atom. The highest BCUT2D eigenvalue weighted by molar-refractivity contribution is 5.59. The van der Waals surface area contributed by atoms with Crippen LogP contribution in [-0.4, -0.2) is 25.0 Å². The number of nitrogen functional groups attached to an aromatic ring is 1. The van der Waals surface area contributed by atoms with E-state index in [0.717, 1.165) is 0 Å². The molecule has 3 nitrogen and oxygen atoms in total. The van der Waals surface area contributed by atoms with Crippen molar-refractivity contribution in [3.05, 3.63) is 18.2 Å². The smallest absolute Gasteiger partial charge is 0.324 e. The van der Waals surface area contributed by atoms with Crippen LogP contribution >= 0.6 is 0 Å². The maximum atomic E-state index is 12.8. The molecule has 0 aliphatic carbocycles. The number of hydrogen-bond acceptors (Lipinski definition) is 3. The SMILES string of the molecule is CC(C)Oc1cc(N)cc(NCC(F)(F)C(F)F)c1. The summed E-state index contributed by atoms with van der Waals surface area (Å²) in [4.78, 5) is 0. The second-order valence-electron chi connectivity index (χ2n) is 4.37. The molecule has 0 aliphatic heterocycles. The van der Waals surface area contributed by atoms with Gasteiger partial charge in [-0.1, -0.05) is 0 Å². The zero-order valence-corrected chi connectivity index (χ0v) is 10.6. The minimum Gasteiger partial charge on any atom is -0.491 e. The molecule has 0 atom stereocenters. The highest BCUT2D eigenvalue weighted by Gasteiger charge is 2.40. The summed E-state index contributed by atoms with van der Waals surface area (Å²) in [6, 6.07) is 4.32. The molecule has 108 valence electrons. The fourth-order valence-corrected chi connectivity index (χ4v) is 1.36. The monoisotopic (exact) mass is 280 g/mol. The number of hydrogen-bond donors (Lipinski definition) is 2. The third kappa shape index (κ3) is 4.84. The Morgan fingerprint density at radius 1 is 1.26 bits per heavy atom. The summed E-state index contributed by atoms with van der Waals surface area (Å²) in [5, 5.41) is 2.23. The summed E-state index contributed by atoms with van der Waals surface area (Å²) in [7, 11) is 0. The first-order valence-electron chi connectivity index (χ1n) is 5.68. The van der Waals surface area contributed by atoms with Gasteiger partial charge >= 0.3 is 12.3 Å². The Balaban J connectivity index is 2.76. The van der Waals surface area contributed by atoms with Crippen LogP contribution in [0.15, 0.2) is 18.2 Å². The zero-order chi connectivity index (χ0) is 14.6. The Morgan fingerprint density at radius 3 is 2.42 bits per heavy atom. The first-order chi connectivity index (χ1) is 8.70. The molecule has 0 amide bonds. The number of rotatable bonds is 6. The van der Waals surface area contributed by atoms with Gasteiger partial charge in [0.05, 0.1) is 12.6 Å². The molecule has 0 aromatic heterocycles. The molecule has 0 unspecified atom stereocenters. The molecule has 3 N–H and O–H groups in total. The summed E-state index contributed by atoms with van der Waals surface area (Å²) < 4.78 is 54.9. The van der Waals surface area contributed by atoms with Crippen molar-refractivity contribution in [2.45, 2.75) is 32.3 Å². The lowest BCUT2D eigenvalue weighted by molar-refractivity contribution is -0.117. The van der Waals surface area contributed by atoms with Crippen molar-refractivity contribution in [1.29, 1.82) is 0 Å². The lowest BCUT2D eigenvalue weighted by atomic mass is 10.2. The molecular weight excluding hydrogens is 264 g/mol. The molecule has 0 aliphatic rings. The van der Waals surface area contributed by atoms with Gasteiger partial charge in [0.25, 0.3) is 0 Å². The van der Waals surface area contributed by atoms with Gasteiger partial charge in [-0.3, -0.25) is 0 Å². The first-order valence-corrected chi connectivity index (χ1v) is 5.68. The van der Waals surface area contributed by atoms with Crippen LogP contribution in [-0.2, 0) is 0 Å². The molecule has 0 saturated heterocycles. The minimum absolute atomic E-state index is 0.114. The van der Waals surface area contributed by atoms with Crippen molar-refractivity contribution in [3.8, 4) is 5.75 Å². The predicted octanol–water partition coefficient (Wildman–Crippen LogP) is 3.37. The van der Waals surface area contributed by atoms with E-state index < -0.39 is 18.9 Å². The molecule has 7 heteroatoms. The Hall–Kier alpha value is -1.66. The molecule has 1 aromatic rings. The normalized spacial score (nSPS) is 12.0. The van der Waals surface area contributed by atoms with Crippen molar-refractivity contribution < 1.29 is 22.3 Å². The molecule has 0 bridgehead atoms. The molecule has 1 aromatic carbocycles. The number of nitrogens with two attached hydrogens (primary N) is 1. The standard InChI is InChI=1S/C12H16F4N2O/c1-7(2)19-10-4-8(17)3-9(5-10)18-6-12(15,16)11(13)14/h3-5,7,11,18H,6,17H2,1-2H3. The van der Waals surface area contributed by atoms with Crippen LogP contribution in [0.1, 0.15) is 13.8 Å². The van der Waals surface area contributed by atoms with E-state index >= 15 is 0 Å². The van der Waals surface area contributed by atoms with E-state index in [1.807, 2.05) is 0 Å². The molecule has 0 radical (unpaired) electrons. The Labute approximate surface area is 108 Å². The van der Waals surface area contributed by atoms with Crippen molar-refractivity contribution >= 4 is 11.4 Å². The lowest BCUT2D eigenvalue weighted by Gasteiger charge is -2.18. The van der Waals surface area contributed by atoms with E-state index in [0.29, 0.717) is 11.4 Å². The molecule has 0 saturated carbocycles. The average molecular weight is 280 g/mol. The van der Waals surface area contributed by atoms with Gasteiger partial charge in [-0.2, -0.15) is 8.78 Å². The van der Waals surface area contributed by atoms with Crippen molar-refractivity contribution in [3.63, 3.8) is 0 Å². The van der Waals surface area contributed by atoms with Crippen LogP contribution in [0.5, 0.6) is 5.75 Å². The third-order valence-electron chi connectivity index (χ3n) is 2.15. The summed E-state index contributed by atoms with van der Waals surface area (Å²) >= 11 is 0. The quantitative estimate of drug-likeness (QED) is 0.620. The predicted molar refractivity (Wildman–Crippen MR) is 66.1 cm³/mol. The van der Waals surface area contributed by atoms with Gasteiger partial charge in [-0.25, -0.2) is 8.78 Å². The second-order valence-corrected chi connectivity index (χ2v) is 4.37. The van der Waals surface area contributed by atoms with Crippen LogP contribution in [0.2, 0.25) is 0 Å². The lowest BCUT2D eigenvalue weighted by Crippen LogP contribution is -2.34. The number of alkyl halides is 4. The van der Waals surface area contributed by atoms with Crippen molar-refractivity contribution in [2.75, 3.05) is 17.6 Å². The van der Waals surface area contributed by atoms with Crippen molar-refractivity contribution in [2.24, 2.45) is 0 Å². The number of nitrogens with one attached hydrogen (secondary N) is 1. The molecule has 19 heavy (non-hydrogen) atoms. The molecule has 1 rings (SSSR count). The average Bonchev–Trinajstić information content (AvgIpc) is 2.24. The van der Waals surface area contributed by atoms with E-state index in [1.54, 1.807) is 13.8 Å². The van der Waals surface area contributed by atoms with E-state index in [9.17, 15) is 17.6 Å². The third-order valence-corrected chi connectivity index (χ3v) is 2.15. The van der Waals surface area contributed by atoms with E-state index in [2.05, 4.69) is 5.32 Å². The summed E-state index contributed by atoms with van der Waals surface area (Å²) in [6.45, 7) is 2.41. The number of ether oxygens (including phenoxy) is 1. The summed E-state index contributed by atoms with van der Waals surface area (Å²) in [5.41, 5.74) is 6.08. The summed E-state index contributed by atoms with van der Waals surface area (Å²) in [5.74, 6) is -3.71. The fraction of sp³-hybridized carbons (Fsp3) is 0.500. The molecule has 0 fully saturated rings. The maximum absolute atomic E-state index is 12.8. The second kappa shape index (κ2) is 5.99. The number of halogens is 4. The van der Waals surface area contributed by atoms with Gasteiger partial charge in [-0.15, -0.1) is 0 Å². The Bertz CT molecular complexity index is 424. The molecular formula is C12H16F4N2O. The van der Waals surface area contributed by atoms with Crippen LogP contribution in [0.25, 0.3) is 0 Å². The van der Waals surface area contributed by atoms with Crippen LogP contribution in [0.3, 0.4) is 0 Å². The highest BCUT2D eigenvalue weighted by atomic mass is 19.3. The summed E-state index contributed by atoms with van der Waals surface area (Å²) in [6.07, 6.45) is -3.83. The minimum atomic E-state index is -4.09. The largest absolute Gasteiger partial charge is 0.491 e. The zero-order valence-electron chi connectivity index (χ0n) is 10.6. The molecule has 0 spiro atoms.